The molecule has 0 saturated heterocycles. The number of hydrogen-bond donors (Lipinski definition) is 2. The molecule has 6 heteroatoms. The van der Waals surface area contributed by atoms with Gasteiger partial charge in [-0.25, -0.2) is 9.79 Å². The van der Waals surface area contributed by atoms with Gasteiger partial charge in [-0.15, -0.1) is 0 Å². The molecule has 1 amide bonds. The zero-order valence-corrected chi connectivity index (χ0v) is 9.76. The number of amides is 1. The normalized spacial score (nSPS) is 13.7. The average Bonchev–Trinajstić information content (AvgIpc) is 2.91. The quantitative estimate of drug-likeness (QED) is 0.835. The lowest BCUT2D eigenvalue weighted by Gasteiger charge is -2.06. The molecule has 1 aromatic carbocycles. The molecule has 6 nitrogen and oxygen atoms in total. The molecule has 1 heterocycles. The fraction of sp³-hybridized carbons (Fsp3) is 0.333. The number of aliphatic hydroxyl groups excluding tert-OH is 1. The van der Waals surface area contributed by atoms with Crippen LogP contribution in [0.5, 0.6) is 0 Å². The van der Waals surface area contributed by atoms with Gasteiger partial charge < -0.3 is 14.6 Å². The smallest absolute Gasteiger partial charge is 0.411 e. The first-order valence-electron chi connectivity index (χ1n) is 5.62. The van der Waals surface area contributed by atoms with E-state index < -0.39 is 6.09 Å². The third kappa shape index (κ3) is 3.21. The summed E-state index contributed by atoms with van der Waals surface area (Å²) in [6.45, 7) is 1.09. The lowest BCUT2D eigenvalue weighted by atomic mass is 10.2. The maximum atomic E-state index is 11.2. The van der Waals surface area contributed by atoms with E-state index in [1.165, 1.54) is 0 Å². The van der Waals surface area contributed by atoms with E-state index in [9.17, 15) is 4.79 Å². The summed E-state index contributed by atoms with van der Waals surface area (Å²) < 4.78 is 10.00. The summed E-state index contributed by atoms with van der Waals surface area (Å²) in [6.07, 6.45) is -0.591. The van der Waals surface area contributed by atoms with Gasteiger partial charge in [0.25, 0.3) is 0 Å². The van der Waals surface area contributed by atoms with Crippen molar-refractivity contribution in [2.45, 2.75) is 0 Å². The molecule has 0 radical (unpaired) electrons. The summed E-state index contributed by atoms with van der Waals surface area (Å²) in [5, 5.41) is 11.0. The zero-order chi connectivity index (χ0) is 12.8. The third-order valence-corrected chi connectivity index (χ3v) is 2.29. The first kappa shape index (κ1) is 12.4. The van der Waals surface area contributed by atoms with Crippen LogP contribution >= 0.6 is 0 Å². The molecule has 0 bridgehead atoms. The summed E-state index contributed by atoms with van der Waals surface area (Å²) in [5.74, 6) is 0.629. The lowest BCUT2D eigenvalue weighted by Crippen LogP contribution is -2.15. The van der Waals surface area contributed by atoms with E-state index in [2.05, 4.69) is 15.0 Å². The number of hydrogen-bond acceptors (Lipinski definition) is 5. The number of nitrogens with zero attached hydrogens (tertiary/aromatic N) is 1. The van der Waals surface area contributed by atoms with Crippen molar-refractivity contribution in [2.24, 2.45) is 4.99 Å². The standard InChI is InChI=1S/C12H14N2O4/c15-6-8-18-12(16)14-10-3-1-9(2-4-10)11-13-5-7-17-11/h1-4,15H,5-8H2,(H,14,16). The van der Waals surface area contributed by atoms with Crippen LogP contribution in [0.15, 0.2) is 29.3 Å². The Morgan fingerprint density at radius 3 is 2.83 bits per heavy atom. The monoisotopic (exact) mass is 250 g/mol. The van der Waals surface area contributed by atoms with Gasteiger partial charge in [0.2, 0.25) is 5.90 Å². The average molecular weight is 250 g/mol. The highest BCUT2D eigenvalue weighted by molar-refractivity contribution is 5.95. The molecule has 96 valence electrons. The largest absolute Gasteiger partial charge is 0.476 e. The van der Waals surface area contributed by atoms with Gasteiger partial charge in [0, 0.05) is 11.3 Å². The SMILES string of the molecule is O=C(Nc1ccc(C2=NCCO2)cc1)OCCO. The van der Waals surface area contributed by atoms with Gasteiger partial charge >= 0.3 is 6.09 Å². The van der Waals surface area contributed by atoms with E-state index in [1.54, 1.807) is 12.1 Å². The predicted molar refractivity (Wildman–Crippen MR) is 65.9 cm³/mol. The minimum atomic E-state index is -0.591. The highest BCUT2D eigenvalue weighted by atomic mass is 16.6. The van der Waals surface area contributed by atoms with Gasteiger partial charge in [-0.1, -0.05) is 0 Å². The van der Waals surface area contributed by atoms with Gasteiger partial charge in [-0.2, -0.15) is 0 Å². The van der Waals surface area contributed by atoms with Gasteiger partial charge in [0.15, 0.2) is 0 Å². The molecule has 1 aliphatic rings. The second-order valence-electron chi connectivity index (χ2n) is 3.60. The van der Waals surface area contributed by atoms with E-state index in [-0.39, 0.29) is 13.2 Å². The van der Waals surface area contributed by atoms with Crippen LogP contribution in [0.4, 0.5) is 10.5 Å². The summed E-state index contributed by atoms with van der Waals surface area (Å²) >= 11 is 0. The molecule has 2 N–H and O–H groups in total. The van der Waals surface area contributed by atoms with Crippen LogP contribution in [0.2, 0.25) is 0 Å². The van der Waals surface area contributed by atoms with Crippen LogP contribution in [-0.2, 0) is 9.47 Å². The molecule has 0 aliphatic carbocycles. The summed E-state index contributed by atoms with van der Waals surface area (Å²) in [6, 6.07) is 7.09. The van der Waals surface area contributed by atoms with Crippen molar-refractivity contribution in [2.75, 3.05) is 31.7 Å². The van der Waals surface area contributed by atoms with Crippen molar-refractivity contribution < 1.29 is 19.4 Å². The fourth-order valence-corrected chi connectivity index (χ4v) is 1.50. The van der Waals surface area contributed by atoms with Gasteiger partial charge in [-0.05, 0) is 24.3 Å². The molecule has 18 heavy (non-hydrogen) atoms. The highest BCUT2D eigenvalue weighted by Crippen LogP contribution is 2.13. The van der Waals surface area contributed by atoms with E-state index >= 15 is 0 Å². The molecular formula is C12H14N2O4. The van der Waals surface area contributed by atoms with Crippen molar-refractivity contribution in [1.82, 2.24) is 0 Å². The summed E-state index contributed by atoms with van der Waals surface area (Å²) in [5.41, 5.74) is 1.49. The molecule has 1 aliphatic heterocycles. The Labute approximate surface area is 104 Å². The number of aliphatic imine (C=N–C) groups is 1. The maximum absolute atomic E-state index is 11.2. The predicted octanol–water partition coefficient (Wildman–Crippen LogP) is 1.00. The van der Waals surface area contributed by atoms with Gasteiger partial charge in [0.1, 0.15) is 13.2 Å². The Morgan fingerprint density at radius 1 is 1.44 bits per heavy atom. The third-order valence-electron chi connectivity index (χ3n) is 2.29. The summed E-state index contributed by atoms with van der Waals surface area (Å²) in [7, 11) is 0. The molecular weight excluding hydrogens is 236 g/mol. The topological polar surface area (TPSA) is 80.2 Å². The Bertz CT molecular complexity index is 442. The van der Waals surface area contributed by atoms with Crippen LogP contribution in [0.1, 0.15) is 5.56 Å². The minimum Gasteiger partial charge on any atom is -0.476 e. The summed E-state index contributed by atoms with van der Waals surface area (Å²) in [4.78, 5) is 15.4. The van der Waals surface area contributed by atoms with Crippen LogP contribution in [0, 0.1) is 0 Å². The van der Waals surface area contributed by atoms with E-state index in [0.717, 1.165) is 5.56 Å². The van der Waals surface area contributed by atoms with Crippen LogP contribution in [0.3, 0.4) is 0 Å². The van der Waals surface area contributed by atoms with Gasteiger partial charge in [-0.3, -0.25) is 5.32 Å². The fourth-order valence-electron chi connectivity index (χ4n) is 1.50. The van der Waals surface area contributed by atoms with E-state index in [4.69, 9.17) is 9.84 Å². The molecule has 0 spiro atoms. The highest BCUT2D eigenvalue weighted by Gasteiger charge is 2.10. The zero-order valence-electron chi connectivity index (χ0n) is 9.76. The first-order chi connectivity index (χ1) is 8.79. The lowest BCUT2D eigenvalue weighted by molar-refractivity contribution is 0.131. The van der Waals surface area contributed by atoms with Gasteiger partial charge in [0.05, 0.1) is 13.2 Å². The van der Waals surface area contributed by atoms with Crippen LogP contribution < -0.4 is 5.32 Å². The second kappa shape index (κ2) is 6.02. The second-order valence-corrected chi connectivity index (χ2v) is 3.60. The number of carbonyl (C=O) groups is 1. The number of rotatable bonds is 4. The van der Waals surface area contributed by atoms with E-state index in [1.807, 2.05) is 12.1 Å². The molecule has 0 fully saturated rings. The van der Waals surface area contributed by atoms with Crippen molar-refractivity contribution in [1.29, 1.82) is 0 Å². The molecule has 0 atom stereocenters. The number of benzene rings is 1. The van der Waals surface area contributed by atoms with E-state index in [0.29, 0.717) is 24.7 Å². The molecule has 0 saturated carbocycles. The number of ether oxygens (including phenoxy) is 2. The maximum Gasteiger partial charge on any atom is 0.411 e. The Hall–Kier alpha value is -2.08. The van der Waals surface area contributed by atoms with Crippen molar-refractivity contribution in [3.63, 3.8) is 0 Å². The number of aliphatic hydroxyl groups is 1. The van der Waals surface area contributed by atoms with Crippen LogP contribution in [-0.4, -0.2) is 43.5 Å². The van der Waals surface area contributed by atoms with Crippen LogP contribution in [0.25, 0.3) is 0 Å². The molecule has 2 rings (SSSR count). The van der Waals surface area contributed by atoms with Crippen molar-refractivity contribution in [3.8, 4) is 0 Å². The number of anilines is 1. The molecule has 1 aromatic rings. The molecule has 0 unspecified atom stereocenters. The minimum absolute atomic E-state index is 0.0193. The Kier molecular flexibility index (Phi) is 4.14. The Morgan fingerprint density at radius 2 is 2.22 bits per heavy atom. The van der Waals surface area contributed by atoms with Crippen molar-refractivity contribution >= 4 is 17.7 Å². The number of nitrogens with one attached hydrogen (secondary N) is 1. The molecule has 0 aromatic heterocycles. The number of carbonyl (C=O) groups excluding carboxylic acids is 1. The first-order valence-corrected chi connectivity index (χ1v) is 5.62. The Balaban J connectivity index is 1.93. The van der Waals surface area contributed by atoms with Crippen molar-refractivity contribution in [3.05, 3.63) is 29.8 Å².